The number of ether oxygens (including phenoxy) is 1. The van der Waals surface area contributed by atoms with Gasteiger partial charge in [0.25, 0.3) is 5.91 Å². The molecule has 0 heterocycles. The molecule has 0 aliphatic rings. The summed E-state index contributed by atoms with van der Waals surface area (Å²) in [5, 5.41) is 2.65. The van der Waals surface area contributed by atoms with Crippen LogP contribution in [0.15, 0.2) is 28.7 Å². The highest BCUT2D eigenvalue weighted by Crippen LogP contribution is 2.17. The SMILES string of the molecule is CCC(C)C(NC(=O)C(C)Oc1ccc(Br)cc1)C(N)=O. The Morgan fingerprint density at radius 1 is 1.29 bits per heavy atom. The fraction of sp³-hybridized carbons (Fsp3) is 0.467. The molecule has 0 bridgehead atoms. The first kappa shape index (κ1) is 17.5. The molecular weight excluding hydrogens is 336 g/mol. The highest BCUT2D eigenvalue weighted by atomic mass is 79.9. The normalized spacial score (nSPS) is 14.9. The summed E-state index contributed by atoms with van der Waals surface area (Å²) in [7, 11) is 0. The molecule has 0 spiro atoms. The number of halogens is 1. The van der Waals surface area contributed by atoms with E-state index < -0.39 is 18.1 Å². The predicted molar refractivity (Wildman–Crippen MR) is 84.8 cm³/mol. The van der Waals surface area contributed by atoms with Crippen molar-refractivity contribution in [2.75, 3.05) is 0 Å². The first-order chi connectivity index (χ1) is 9.85. The van der Waals surface area contributed by atoms with Crippen molar-refractivity contribution in [1.82, 2.24) is 5.32 Å². The lowest BCUT2D eigenvalue weighted by atomic mass is 9.98. The van der Waals surface area contributed by atoms with Crippen LogP contribution in [0.5, 0.6) is 5.75 Å². The second kappa shape index (κ2) is 8.02. The number of carbonyl (C=O) groups excluding carboxylic acids is 2. The van der Waals surface area contributed by atoms with Crippen LogP contribution in [0.4, 0.5) is 0 Å². The largest absolute Gasteiger partial charge is 0.481 e. The molecule has 1 aromatic carbocycles. The number of primary amides is 1. The van der Waals surface area contributed by atoms with E-state index in [2.05, 4.69) is 21.2 Å². The first-order valence-electron chi connectivity index (χ1n) is 6.87. The highest BCUT2D eigenvalue weighted by molar-refractivity contribution is 9.10. The molecule has 0 aliphatic carbocycles. The Bertz CT molecular complexity index is 490. The molecular formula is C15H21BrN2O3. The van der Waals surface area contributed by atoms with Gasteiger partial charge in [0.15, 0.2) is 6.10 Å². The lowest BCUT2D eigenvalue weighted by Crippen LogP contribution is -2.51. The summed E-state index contributed by atoms with van der Waals surface area (Å²) in [5.74, 6) is -0.332. The fourth-order valence-corrected chi connectivity index (χ4v) is 2.04. The van der Waals surface area contributed by atoms with Gasteiger partial charge in [-0.2, -0.15) is 0 Å². The molecule has 3 atom stereocenters. The van der Waals surface area contributed by atoms with Crippen LogP contribution in [-0.4, -0.2) is 24.0 Å². The third-order valence-electron chi connectivity index (χ3n) is 3.31. The maximum Gasteiger partial charge on any atom is 0.261 e. The first-order valence-corrected chi connectivity index (χ1v) is 7.66. The van der Waals surface area contributed by atoms with Crippen molar-refractivity contribution in [3.8, 4) is 5.75 Å². The van der Waals surface area contributed by atoms with E-state index in [0.29, 0.717) is 5.75 Å². The van der Waals surface area contributed by atoms with E-state index in [1.807, 2.05) is 26.0 Å². The summed E-state index contributed by atoms with van der Waals surface area (Å²) in [5.41, 5.74) is 5.33. The molecule has 21 heavy (non-hydrogen) atoms. The van der Waals surface area contributed by atoms with Crippen LogP contribution in [0.3, 0.4) is 0 Å². The average Bonchev–Trinajstić information content (AvgIpc) is 2.45. The Hall–Kier alpha value is -1.56. The molecule has 2 amide bonds. The number of hydrogen-bond acceptors (Lipinski definition) is 3. The van der Waals surface area contributed by atoms with Crippen LogP contribution >= 0.6 is 15.9 Å². The minimum Gasteiger partial charge on any atom is -0.481 e. The number of nitrogens with one attached hydrogen (secondary N) is 1. The van der Waals surface area contributed by atoms with Gasteiger partial charge in [-0.05, 0) is 37.1 Å². The third-order valence-corrected chi connectivity index (χ3v) is 3.84. The smallest absolute Gasteiger partial charge is 0.261 e. The van der Waals surface area contributed by atoms with Crippen molar-refractivity contribution >= 4 is 27.7 Å². The molecule has 3 N–H and O–H groups in total. The Morgan fingerprint density at radius 2 is 1.86 bits per heavy atom. The third kappa shape index (κ3) is 5.38. The standard InChI is InChI=1S/C15H21BrN2O3/c1-4-9(2)13(14(17)19)18-15(20)10(3)21-12-7-5-11(16)6-8-12/h5-10,13H,4H2,1-3H3,(H2,17,19)(H,18,20). The van der Waals surface area contributed by atoms with Gasteiger partial charge in [-0.3, -0.25) is 9.59 Å². The molecule has 0 saturated carbocycles. The average molecular weight is 357 g/mol. The zero-order valence-electron chi connectivity index (χ0n) is 12.4. The van der Waals surface area contributed by atoms with E-state index in [0.717, 1.165) is 10.9 Å². The molecule has 116 valence electrons. The molecule has 5 nitrogen and oxygen atoms in total. The van der Waals surface area contributed by atoms with Crippen molar-refractivity contribution in [3.05, 3.63) is 28.7 Å². The van der Waals surface area contributed by atoms with Crippen LogP contribution in [0.1, 0.15) is 27.2 Å². The molecule has 6 heteroatoms. The van der Waals surface area contributed by atoms with Gasteiger partial charge in [0.2, 0.25) is 5.91 Å². The summed E-state index contributed by atoms with van der Waals surface area (Å²) >= 11 is 3.33. The molecule has 0 aliphatic heterocycles. The number of amides is 2. The van der Waals surface area contributed by atoms with Gasteiger partial charge in [-0.15, -0.1) is 0 Å². The second-order valence-corrected chi connectivity index (χ2v) is 5.90. The maximum absolute atomic E-state index is 12.1. The van der Waals surface area contributed by atoms with Gasteiger partial charge in [0.1, 0.15) is 11.8 Å². The van der Waals surface area contributed by atoms with Gasteiger partial charge in [0.05, 0.1) is 0 Å². The van der Waals surface area contributed by atoms with Crippen LogP contribution in [0.25, 0.3) is 0 Å². The molecule has 1 aromatic rings. The molecule has 0 aromatic heterocycles. The molecule has 3 unspecified atom stereocenters. The van der Waals surface area contributed by atoms with Crippen LogP contribution in [-0.2, 0) is 9.59 Å². The summed E-state index contributed by atoms with van der Waals surface area (Å²) < 4.78 is 6.47. The Balaban J connectivity index is 2.64. The Morgan fingerprint density at radius 3 is 2.33 bits per heavy atom. The lowest BCUT2D eigenvalue weighted by Gasteiger charge is -2.23. The maximum atomic E-state index is 12.1. The van der Waals surface area contributed by atoms with Gasteiger partial charge in [-0.25, -0.2) is 0 Å². The lowest BCUT2D eigenvalue weighted by molar-refractivity contribution is -0.132. The van der Waals surface area contributed by atoms with Crippen molar-refractivity contribution < 1.29 is 14.3 Å². The van der Waals surface area contributed by atoms with Gasteiger partial charge >= 0.3 is 0 Å². The Labute approximate surface area is 133 Å². The molecule has 1 rings (SSSR count). The summed E-state index contributed by atoms with van der Waals surface area (Å²) in [4.78, 5) is 23.5. The minimum absolute atomic E-state index is 0.0219. The van der Waals surface area contributed by atoms with Crippen molar-refractivity contribution in [2.45, 2.75) is 39.3 Å². The second-order valence-electron chi connectivity index (χ2n) is 4.99. The topological polar surface area (TPSA) is 81.4 Å². The van der Waals surface area contributed by atoms with Crippen LogP contribution < -0.4 is 15.8 Å². The molecule has 0 saturated heterocycles. The summed E-state index contributed by atoms with van der Waals surface area (Å²) in [6.07, 6.45) is 0.0348. The number of hydrogen-bond donors (Lipinski definition) is 2. The monoisotopic (exact) mass is 356 g/mol. The Kier molecular flexibility index (Phi) is 6.68. The van der Waals surface area contributed by atoms with E-state index in [9.17, 15) is 9.59 Å². The van der Waals surface area contributed by atoms with Crippen LogP contribution in [0, 0.1) is 5.92 Å². The van der Waals surface area contributed by atoms with E-state index in [1.54, 1.807) is 19.1 Å². The number of carbonyl (C=O) groups is 2. The highest BCUT2D eigenvalue weighted by Gasteiger charge is 2.26. The minimum atomic E-state index is -0.711. The van der Waals surface area contributed by atoms with Crippen molar-refractivity contribution in [2.24, 2.45) is 11.7 Å². The van der Waals surface area contributed by atoms with Crippen LogP contribution in [0.2, 0.25) is 0 Å². The predicted octanol–water partition coefficient (Wildman–Crippen LogP) is 2.23. The molecule has 0 fully saturated rings. The van der Waals surface area contributed by atoms with E-state index in [1.165, 1.54) is 0 Å². The van der Waals surface area contributed by atoms with Gasteiger partial charge in [-0.1, -0.05) is 36.2 Å². The van der Waals surface area contributed by atoms with E-state index in [4.69, 9.17) is 10.5 Å². The van der Waals surface area contributed by atoms with E-state index in [-0.39, 0.29) is 11.8 Å². The quantitative estimate of drug-likeness (QED) is 0.785. The van der Waals surface area contributed by atoms with Crippen molar-refractivity contribution in [3.63, 3.8) is 0 Å². The van der Waals surface area contributed by atoms with E-state index >= 15 is 0 Å². The number of nitrogens with two attached hydrogens (primary N) is 1. The molecule has 0 radical (unpaired) electrons. The summed E-state index contributed by atoms with van der Waals surface area (Å²) in [6, 6.07) is 6.48. The number of rotatable bonds is 7. The van der Waals surface area contributed by atoms with Gasteiger partial charge in [0, 0.05) is 4.47 Å². The van der Waals surface area contributed by atoms with Crippen molar-refractivity contribution in [1.29, 1.82) is 0 Å². The zero-order chi connectivity index (χ0) is 16.0. The van der Waals surface area contributed by atoms with Gasteiger partial charge < -0.3 is 15.8 Å². The number of benzene rings is 1. The summed E-state index contributed by atoms with van der Waals surface area (Å²) in [6.45, 7) is 5.44. The fourth-order valence-electron chi connectivity index (χ4n) is 1.77. The zero-order valence-corrected chi connectivity index (χ0v) is 14.0.